The molecular formula is C14H14BrClN4O. The van der Waals surface area contributed by atoms with E-state index in [1.54, 1.807) is 16.8 Å². The number of Topliss-reactive ketones (excluding diaryl/α,β-unsaturated/α-hetero) is 1. The van der Waals surface area contributed by atoms with Crippen molar-refractivity contribution in [3.8, 4) is 5.82 Å². The number of fused-ring (bicyclic) bond motifs is 1. The van der Waals surface area contributed by atoms with Crippen molar-refractivity contribution < 1.29 is 4.79 Å². The van der Waals surface area contributed by atoms with E-state index in [0.717, 1.165) is 5.69 Å². The number of aryl methyl sites for hydroxylation is 1. The number of rotatable bonds is 1. The van der Waals surface area contributed by atoms with Crippen molar-refractivity contribution in [3.05, 3.63) is 34.2 Å². The highest BCUT2D eigenvalue weighted by Gasteiger charge is 2.42. The van der Waals surface area contributed by atoms with Gasteiger partial charge >= 0.3 is 0 Å². The summed E-state index contributed by atoms with van der Waals surface area (Å²) in [5.41, 5.74) is 2.05. The fourth-order valence-electron chi connectivity index (χ4n) is 2.68. The van der Waals surface area contributed by atoms with Crippen LogP contribution in [0.3, 0.4) is 0 Å². The van der Waals surface area contributed by atoms with E-state index >= 15 is 0 Å². The maximum atomic E-state index is 12.4. The lowest BCUT2D eigenvalue weighted by molar-refractivity contribution is 0.0909. The van der Waals surface area contributed by atoms with Crippen molar-refractivity contribution in [1.82, 2.24) is 20.0 Å². The lowest BCUT2D eigenvalue weighted by Gasteiger charge is -2.34. The van der Waals surface area contributed by atoms with Gasteiger partial charge in [-0.05, 0) is 24.5 Å². The quantitative estimate of drug-likeness (QED) is 0.720. The van der Waals surface area contributed by atoms with Crippen LogP contribution in [0.25, 0.3) is 5.82 Å². The maximum absolute atomic E-state index is 12.4. The van der Waals surface area contributed by atoms with Crippen LogP contribution >= 0.6 is 27.5 Å². The molecule has 0 saturated carbocycles. The Balaban J connectivity index is 2.24. The number of hydrogen-bond acceptors (Lipinski definition) is 4. The predicted molar refractivity (Wildman–Crippen MR) is 83.3 cm³/mol. The average Bonchev–Trinajstić information content (AvgIpc) is 2.74. The molecule has 1 aliphatic carbocycles. The number of carbonyl (C=O) groups is 1. The van der Waals surface area contributed by atoms with Crippen molar-refractivity contribution in [2.24, 2.45) is 5.41 Å². The van der Waals surface area contributed by atoms with E-state index < -0.39 is 0 Å². The van der Waals surface area contributed by atoms with E-state index in [-0.39, 0.29) is 16.0 Å². The highest BCUT2D eigenvalue weighted by molar-refractivity contribution is 9.09. The van der Waals surface area contributed by atoms with Crippen molar-refractivity contribution in [2.45, 2.75) is 32.0 Å². The Hall–Kier alpha value is -1.27. The number of alkyl halides is 1. The summed E-state index contributed by atoms with van der Waals surface area (Å²) in [6.07, 6.45) is 0.495. The second-order valence-electron chi connectivity index (χ2n) is 5.92. The number of ketones is 1. The molecule has 1 aliphatic rings. The smallest absolute Gasteiger partial charge is 0.176 e. The molecule has 2 aromatic rings. The van der Waals surface area contributed by atoms with Gasteiger partial charge in [0.05, 0.1) is 21.8 Å². The van der Waals surface area contributed by atoms with Gasteiger partial charge in [-0.1, -0.05) is 41.4 Å². The van der Waals surface area contributed by atoms with Gasteiger partial charge < -0.3 is 0 Å². The van der Waals surface area contributed by atoms with Gasteiger partial charge in [-0.3, -0.25) is 4.79 Å². The van der Waals surface area contributed by atoms with Gasteiger partial charge in [0, 0.05) is 6.42 Å². The second-order valence-corrected chi connectivity index (χ2v) is 7.23. The van der Waals surface area contributed by atoms with E-state index in [1.807, 2.05) is 6.92 Å². The van der Waals surface area contributed by atoms with Gasteiger partial charge in [0.1, 0.15) is 0 Å². The number of halogens is 2. The maximum Gasteiger partial charge on any atom is 0.176 e. The van der Waals surface area contributed by atoms with Crippen LogP contribution in [0.1, 0.15) is 46.8 Å². The molecule has 0 fully saturated rings. The first-order chi connectivity index (χ1) is 9.81. The molecule has 21 heavy (non-hydrogen) atoms. The third-order valence-electron chi connectivity index (χ3n) is 3.75. The third-order valence-corrected chi connectivity index (χ3v) is 5.63. The molecule has 0 bridgehead atoms. The average molecular weight is 370 g/mol. The second kappa shape index (κ2) is 4.88. The topological polar surface area (TPSA) is 60.7 Å². The van der Waals surface area contributed by atoms with Gasteiger partial charge in [0.15, 0.2) is 16.8 Å². The Kier molecular flexibility index (Phi) is 3.41. The van der Waals surface area contributed by atoms with Crippen LogP contribution in [-0.4, -0.2) is 25.8 Å². The number of aromatic nitrogens is 4. The first-order valence-corrected chi connectivity index (χ1v) is 7.87. The normalized spacial score (nSPS) is 20.4. The summed E-state index contributed by atoms with van der Waals surface area (Å²) in [7, 11) is 0. The van der Waals surface area contributed by atoms with Crippen LogP contribution in [0, 0.1) is 12.3 Å². The summed E-state index contributed by atoms with van der Waals surface area (Å²) in [6, 6.07) is 3.40. The summed E-state index contributed by atoms with van der Waals surface area (Å²) in [6.45, 7) is 5.97. The minimum absolute atomic E-state index is 0.0105. The van der Waals surface area contributed by atoms with Gasteiger partial charge in [-0.2, -0.15) is 5.10 Å². The van der Waals surface area contributed by atoms with Gasteiger partial charge in [-0.15, -0.1) is 10.2 Å². The van der Waals surface area contributed by atoms with Crippen molar-refractivity contribution in [3.63, 3.8) is 0 Å². The van der Waals surface area contributed by atoms with E-state index in [9.17, 15) is 4.79 Å². The Morgan fingerprint density at radius 1 is 1.38 bits per heavy atom. The number of carbonyl (C=O) groups excluding carboxylic acids is 1. The molecule has 0 N–H and O–H groups in total. The summed E-state index contributed by atoms with van der Waals surface area (Å²) in [5.74, 6) is 0.676. The van der Waals surface area contributed by atoms with Gasteiger partial charge in [-0.25, -0.2) is 4.68 Å². The van der Waals surface area contributed by atoms with E-state index in [1.165, 1.54) is 0 Å². The van der Waals surface area contributed by atoms with Crippen LogP contribution < -0.4 is 0 Å². The first kappa shape index (κ1) is 14.7. The van der Waals surface area contributed by atoms with Crippen molar-refractivity contribution in [2.75, 3.05) is 0 Å². The van der Waals surface area contributed by atoms with Crippen LogP contribution in [0.4, 0.5) is 0 Å². The SMILES string of the molecule is Cc1nn(-c2ccc(Cl)nn2)c2c1C(=O)CC(C)(C)C2Br. The largest absolute Gasteiger partial charge is 0.294 e. The minimum Gasteiger partial charge on any atom is -0.294 e. The zero-order valence-corrected chi connectivity index (χ0v) is 14.2. The third kappa shape index (κ3) is 2.30. The molecule has 2 heterocycles. The Bertz CT molecular complexity index is 723. The lowest BCUT2D eigenvalue weighted by Crippen LogP contribution is -2.30. The molecule has 1 unspecified atom stereocenters. The van der Waals surface area contributed by atoms with Crippen LogP contribution in [-0.2, 0) is 0 Å². The molecule has 5 nitrogen and oxygen atoms in total. The Labute approximate surface area is 135 Å². The first-order valence-electron chi connectivity index (χ1n) is 6.57. The summed E-state index contributed by atoms with van der Waals surface area (Å²) in [4.78, 5) is 12.4. The minimum atomic E-state index is -0.186. The fourth-order valence-corrected chi connectivity index (χ4v) is 3.37. The molecular weight excluding hydrogens is 356 g/mol. The monoisotopic (exact) mass is 368 g/mol. The fraction of sp³-hybridized carbons (Fsp3) is 0.429. The van der Waals surface area contributed by atoms with Crippen LogP contribution in [0.15, 0.2) is 12.1 Å². The zero-order chi connectivity index (χ0) is 15.4. The number of nitrogens with zero attached hydrogens (tertiary/aromatic N) is 4. The molecule has 0 radical (unpaired) electrons. The molecule has 1 atom stereocenters. The molecule has 110 valence electrons. The molecule has 0 aromatic carbocycles. The standard InChI is InChI=1S/C14H14BrClN4O/c1-7-11-8(21)6-14(2,3)13(15)12(11)20(19-7)10-5-4-9(16)17-18-10/h4-5,13H,6H2,1-3H3. The van der Waals surface area contributed by atoms with E-state index in [4.69, 9.17) is 11.6 Å². The van der Waals surface area contributed by atoms with Gasteiger partial charge in [0.25, 0.3) is 0 Å². The van der Waals surface area contributed by atoms with Crippen LogP contribution in [0.5, 0.6) is 0 Å². The van der Waals surface area contributed by atoms with E-state index in [2.05, 4.69) is 45.1 Å². The summed E-state index contributed by atoms with van der Waals surface area (Å²) >= 11 is 9.50. The molecule has 0 aliphatic heterocycles. The molecule has 3 rings (SSSR count). The Morgan fingerprint density at radius 2 is 2.10 bits per heavy atom. The molecule has 2 aromatic heterocycles. The lowest BCUT2D eigenvalue weighted by atomic mass is 9.75. The molecule has 0 spiro atoms. The highest BCUT2D eigenvalue weighted by Crippen LogP contribution is 2.49. The summed E-state index contributed by atoms with van der Waals surface area (Å²) in [5, 5.41) is 12.7. The van der Waals surface area contributed by atoms with Crippen LogP contribution in [0.2, 0.25) is 5.15 Å². The number of hydrogen-bond donors (Lipinski definition) is 0. The molecule has 0 amide bonds. The van der Waals surface area contributed by atoms with Gasteiger partial charge in [0.2, 0.25) is 0 Å². The highest BCUT2D eigenvalue weighted by atomic mass is 79.9. The van der Waals surface area contributed by atoms with E-state index in [0.29, 0.717) is 28.6 Å². The molecule has 0 saturated heterocycles. The zero-order valence-electron chi connectivity index (χ0n) is 11.9. The Morgan fingerprint density at radius 3 is 2.71 bits per heavy atom. The molecule has 7 heteroatoms. The van der Waals surface area contributed by atoms with Crippen molar-refractivity contribution >= 4 is 33.3 Å². The summed E-state index contributed by atoms with van der Waals surface area (Å²) < 4.78 is 1.69. The van der Waals surface area contributed by atoms with Crippen molar-refractivity contribution in [1.29, 1.82) is 0 Å². The predicted octanol–water partition coefficient (Wildman–Crippen LogP) is 3.67.